The molecule has 0 bridgehead atoms. The van der Waals surface area contributed by atoms with Gasteiger partial charge in [-0.05, 0) is 19.9 Å². The van der Waals surface area contributed by atoms with Crippen LogP contribution in [0.3, 0.4) is 0 Å². The zero-order valence-electron chi connectivity index (χ0n) is 8.84. The number of nitrogens with zero attached hydrogens (tertiary/aromatic N) is 3. The number of rotatable bonds is 4. The van der Waals surface area contributed by atoms with Gasteiger partial charge in [0.25, 0.3) is 0 Å². The van der Waals surface area contributed by atoms with Crippen molar-refractivity contribution in [1.82, 2.24) is 9.97 Å². The highest BCUT2D eigenvalue weighted by Crippen LogP contribution is 2.13. The van der Waals surface area contributed by atoms with Gasteiger partial charge in [0.1, 0.15) is 5.82 Å². The van der Waals surface area contributed by atoms with Crippen molar-refractivity contribution < 1.29 is 4.79 Å². The third-order valence-corrected chi connectivity index (χ3v) is 1.90. The van der Waals surface area contributed by atoms with Crippen molar-refractivity contribution >= 4 is 17.7 Å². The normalized spacial score (nSPS) is 10.3. The van der Waals surface area contributed by atoms with Gasteiger partial charge >= 0.3 is 0 Å². The molecule has 4 N–H and O–H groups in total. The highest BCUT2D eigenvalue weighted by molar-refractivity contribution is 5.79. The Labute approximate surface area is 88.3 Å². The van der Waals surface area contributed by atoms with Crippen LogP contribution in [-0.4, -0.2) is 28.5 Å². The van der Waals surface area contributed by atoms with E-state index in [1.54, 1.807) is 17.2 Å². The first-order valence-electron chi connectivity index (χ1n) is 4.64. The summed E-state index contributed by atoms with van der Waals surface area (Å²) >= 11 is 0. The molecule has 0 unspecified atom stereocenters. The minimum atomic E-state index is -0.402. The van der Waals surface area contributed by atoms with Crippen LogP contribution in [0.1, 0.15) is 13.8 Å². The second-order valence-electron chi connectivity index (χ2n) is 3.46. The quantitative estimate of drug-likeness (QED) is 0.713. The van der Waals surface area contributed by atoms with E-state index in [-0.39, 0.29) is 18.5 Å². The molecule has 1 rings (SSSR count). The van der Waals surface area contributed by atoms with Crippen molar-refractivity contribution in [3.8, 4) is 0 Å². The summed E-state index contributed by atoms with van der Waals surface area (Å²) in [5, 5.41) is 0. The molecule has 1 heterocycles. The fourth-order valence-corrected chi connectivity index (χ4v) is 1.22. The standard InChI is InChI=1S/C9H15N5O/c1-6(2)14(5-7(10)15)8-3-4-12-9(11)13-8/h3-4,6H,5H2,1-2H3,(H2,10,15)(H2,11,12,13). The maximum atomic E-state index is 10.9. The van der Waals surface area contributed by atoms with E-state index in [2.05, 4.69) is 9.97 Å². The van der Waals surface area contributed by atoms with Gasteiger partial charge < -0.3 is 16.4 Å². The van der Waals surface area contributed by atoms with Gasteiger partial charge in [-0.2, -0.15) is 4.98 Å². The van der Waals surface area contributed by atoms with Gasteiger partial charge in [0.15, 0.2) is 0 Å². The Kier molecular flexibility index (Phi) is 3.43. The summed E-state index contributed by atoms with van der Waals surface area (Å²) in [6.45, 7) is 4.01. The van der Waals surface area contributed by atoms with Crippen LogP contribution >= 0.6 is 0 Å². The summed E-state index contributed by atoms with van der Waals surface area (Å²) in [6, 6.07) is 1.81. The first kappa shape index (κ1) is 11.2. The number of carbonyl (C=O) groups is 1. The van der Waals surface area contributed by atoms with Gasteiger partial charge in [-0.3, -0.25) is 4.79 Å². The first-order valence-corrected chi connectivity index (χ1v) is 4.64. The van der Waals surface area contributed by atoms with Crippen molar-refractivity contribution in [3.63, 3.8) is 0 Å². The van der Waals surface area contributed by atoms with Crippen LogP contribution in [-0.2, 0) is 4.79 Å². The number of hydrogen-bond donors (Lipinski definition) is 2. The molecule has 0 spiro atoms. The minimum absolute atomic E-state index is 0.117. The second kappa shape index (κ2) is 4.59. The minimum Gasteiger partial charge on any atom is -0.368 e. The Bertz CT molecular complexity index is 352. The molecule has 15 heavy (non-hydrogen) atoms. The smallest absolute Gasteiger partial charge is 0.237 e. The topological polar surface area (TPSA) is 98.1 Å². The lowest BCUT2D eigenvalue weighted by molar-refractivity contribution is -0.116. The largest absolute Gasteiger partial charge is 0.368 e. The van der Waals surface area contributed by atoms with Crippen molar-refractivity contribution in [2.75, 3.05) is 17.2 Å². The van der Waals surface area contributed by atoms with E-state index in [0.29, 0.717) is 5.82 Å². The maximum absolute atomic E-state index is 10.9. The molecular formula is C9H15N5O. The molecule has 1 amide bonds. The number of anilines is 2. The van der Waals surface area contributed by atoms with Crippen molar-refractivity contribution in [3.05, 3.63) is 12.3 Å². The molecule has 0 saturated carbocycles. The number of primary amides is 1. The zero-order valence-corrected chi connectivity index (χ0v) is 8.84. The molecule has 0 aromatic carbocycles. The Hall–Kier alpha value is -1.85. The van der Waals surface area contributed by atoms with Gasteiger partial charge in [0, 0.05) is 12.2 Å². The van der Waals surface area contributed by atoms with Gasteiger partial charge in [0.05, 0.1) is 6.54 Å². The molecule has 82 valence electrons. The summed E-state index contributed by atoms with van der Waals surface area (Å²) in [5.74, 6) is 0.389. The van der Waals surface area contributed by atoms with Gasteiger partial charge in [-0.25, -0.2) is 4.98 Å². The lowest BCUT2D eigenvalue weighted by Gasteiger charge is -2.26. The second-order valence-corrected chi connectivity index (χ2v) is 3.46. The van der Waals surface area contributed by atoms with Crippen LogP contribution in [0.4, 0.5) is 11.8 Å². The summed E-state index contributed by atoms with van der Waals surface area (Å²) in [5.41, 5.74) is 10.6. The number of amides is 1. The van der Waals surface area contributed by atoms with Crippen LogP contribution in [0, 0.1) is 0 Å². The predicted octanol–water partition coefficient (Wildman–Crippen LogP) is -0.241. The number of carbonyl (C=O) groups excluding carboxylic acids is 1. The van der Waals surface area contributed by atoms with Gasteiger partial charge in [-0.15, -0.1) is 0 Å². The monoisotopic (exact) mass is 209 g/mol. The molecule has 0 fully saturated rings. The van der Waals surface area contributed by atoms with Crippen LogP contribution in [0.15, 0.2) is 12.3 Å². The SMILES string of the molecule is CC(C)N(CC(N)=O)c1ccnc(N)n1. The van der Waals surface area contributed by atoms with Crippen LogP contribution in [0.5, 0.6) is 0 Å². The molecule has 0 aliphatic heterocycles. The van der Waals surface area contributed by atoms with E-state index in [1.165, 1.54) is 0 Å². The zero-order chi connectivity index (χ0) is 11.4. The fraction of sp³-hybridized carbons (Fsp3) is 0.444. The van der Waals surface area contributed by atoms with E-state index in [0.717, 1.165) is 0 Å². The lowest BCUT2D eigenvalue weighted by Crippen LogP contribution is -2.39. The summed E-state index contributed by atoms with van der Waals surface area (Å²) in [4.78, 5) is 20.5. The van der Waals surface area contributed by atoms with Crippen LogP contribution < -0.4 is 16.4 Å². The molecule has 0 aliphatic rings. The average Bonchev–Trinajstić information content (AvgIpc) is 2.13. The number of hydrogen-bond acceptors (Lipinski definition) is 5. The Balaban J connectivity index is 2.93. The molecule has 6 nitrogen and oxygen atoms in total. The molecule has 1 aromatic heterocycles. The first-order chi connectivity index (χ1) is 7.00. The van der Waals surface area contributed by atoms with E-state index >= 15 is 0 Å². The number of aromatic nitrogens is 2. The Morgan fingerprint density at radius 1 is 1.60 bits per heavy atom. The van der Waals surface area contributed by atoms with Crippen molar-refractivity contribution in [1.29, 1.82) is 0 Å². The van der Waals surface area contributed by atoms with E-state index in [4.69, 9.17) is 11.5 Å². The summed E-state index contributed by atoms with van der Waals surface area (Å²) < 4.78 is 0. The molecule has 0 atom stereocenters. The average molecular weight is 209 g/mol. The molecule has 1 aromatic rings. The number of nitrogen functional groups attached to an aromatic ring is 1. The molecular weight excluding hydrogens is 194 g/mol. The van der Waals surface area contributed by atoms with Crippen molar-refractivity contribution in [2.24, 2.45) is 5.73 Å². The molecule has 0 aliphatic carbocycles. The summed E-state index contributed by atoms with van der Waals surface area (Å²) in [6.07, 6.45) is 1.55. The lowest BCUT2D eigenvalue weighted by atomic mass is 10.3. The van der Waals surface area contributed by atoms with Gasteiger partial charge in [0.2, 0.25) is 11.9 Å². The highest BCUT2D eigenvalue weighted by Gasteiger charge is 2.14. The molecule has 6 heteroatoms. The predicted molar refractivity (Wildman–Crippen MR) is 58.1 cm³/mol. The van der Waals surface area contributed by atoms with Crippen molar-refractivity contribution in [2.45, 2.75) is 19.9 Å². The highest BCUT2D eigenvalue weighted by atomic mass is 16.1. The maximum Gasteiger partial charge on any atom is 0.237 e. The Morgan fingerprint density at radius 2 is 2.27 bits per heavy atom. The van der Waals surface area contributed by atoms with Crippen LogP contribution in [0.25, 0.3) is 0 Å². The summed E-state index contributed by atoms with van der Waals surface area (Å²) in [7, 11) is 0. The van der Waals surface area contributed by atoms with Crippen LogP contribution in [0.2, 0.25) is 0 Å². The molecule has 0 saturated heterocycles. The van der Waals surface area contributed by atoms with E-state index in [1.807, 2.05) is 13.8 Å². The fourth-order valence-electron chi connectivity index (χ4n) is 1.22. The third-order valence-electron chi connectivity index (χ3n) is 1.90. The van der Waals surface area contributed by atoms with E-state index < -0.39 is 5.91 Å². The molecule has 0 radical (unpaired) electrons. The van der Waals surface area contributed by atoms with E-state index in [9.17, 15) is 4.79 Å². The third kappa shape index (κ3) is 3.08. The van der Waals surface area contributed by atoms with Gasteiger partial charge in [-0.1, -0.05) is 0 Å². The Morgan fingerprint density at radius 3 is 2.73 bits per heavy atom. The number of nitrogens with two attached hydrogens (primary N) is 2.